The van der Waals surface area contributed by atoms with Crippen molar-refractivity contribution in [2.45, 2.75) is 50.1 Å². The van der Waals surface area contributed by atoms with Gasteiger partial charge in [-0.15, -0.1) is 0 Å². The maximum Gasteiger partial charge on any atom is 0.421 e. The number of alkyl halides is 3. The van der Waals surface area contributed by atoms with Gasteiger partial charge in [-0.05, 0) is 50.1 Å². The van der Waals surface area contributed by atoms with E-state index < -0.39 is 27.9 Å². The Hall–Kier alpha value is -1.83. The van der Waals surface area contributed by atoms with Crippen LogP contribution in [0.5, 0.6) is 0 Å². The first-order chi connectivity index (χ1) is 17.3. The van der Waals surface area contributed by atoms with Crippen LogP contribution in [0.25, 0.3) is 0 Å². The minimum atomic E-state index is -4.82. The standard InChI is InChI=1S/C25H32F3N3O4S2/c1-24(33,25(26,27)28)18-8-10-19(11-9-18)31-14-13-30(37(34,35)23-7-3-2-6-22(23)36)16-20(31)15-29-12-4-5-21(32)17-29/h2-3,7-11,20-21,32-33H,4-6,12-17H2,1H3/t20-,21-,24?/m0/s1. The van der Waals surface area contributed by atoms with Crippen LogP contribution < -0.4 is 4.90 Å². The number of aliphatic hydroxyl groups excluding tert-OH is 1. The summed E-state index contributed by atoms with van der Waals surface area (Å²) < 4.78 is 68.2. The molecule has 3 atom stereocenters. The number of likely N-dealkylation sites (tertiary alicyclic amines) is 1. The normalized spacial score (nSPS) is 26.2. The lowest BCUT2D eigenvalue weighted by atomic mass is 9.95. The molecule has 1 aromatic carbocycles. The van der Waals surface area contributed by atoms with Crippen LogP contribution in [0.15, 0.2) is 47.4 Å². The van der Waals surface area contributed by atoms with Gasteiger partial charge in [0.2, 0.25) is 10.0 Å². The van der Waals surface area contributed by atoms with Gasteiger partial charge in [-0.25, -0.2) is 8.42 Å². The van der Waals surface area contributed by atoms with Crippen molar-refractivity contribution in [2.75, 3.05) is 44.2 Å². The zero-order valence-corrected chi connectivity index (χ0v) is 22.2. The molecule has 1 aromatic rings. The van der Waals surface area contributed by atoms with Crippen molar-refractivity contribution in [3.8, 4) is 0 Å². The first kappa shape index (κ1) is 28.2. The molecule has 7 nitrogen and oxygen atoms in total. The van der Waals surface area contributed by atoms with Crippen LogP contribution in [0.4, 0.5) is 18.9 Å². The molecule has 4 rings (SSSR count). The maximum atomic E-state index is 13.5. The number of allylic oxidation sites excluding steroid dienone is 4. The van der Waals surface area contributed by atoms with Gasteiger partial charge in [0.25, 0.3) is 0 Å². The fraction of sp³-hybridized carbons (Fsp3) is 0.560. The molecule has 37 heavy (non-hydrogen) atoms. The van der Waals surface area contributed by atoms with Crippen molar-refractivity contribution in [3.63, 3.8) is 0 Å². The molecule has 0 aromatic heterocycles. The number of anilines is 1. The summed E-state index contributed by atoms with van der Waals surface area (Å²) in [6, 6.07) is 5.26. The molecule has 204 valence electrons. The van der Waals surface area contributed by atoms with Crippen LogP contribution in [0, 0.1) is 0 Å². The van der Waals surface area contributed by atoms with E-state index in [4.69, 9.17) is 12.2 Å². The average Bonchev–Trinajstić information content (AvgIpc) is 2.83. The van der Waals surface area contributed by atoms with E-state index in [1.165, 1.54) is 34.6 Å². The zero-order chi connectivity index (χ0) is 27.0. The summed E-state index contributed by atoms with van der Waals surface area (Å²) in [4.78, 5) is 4.59. The summed E-state index contributed by atoms with van der Waals surface area (Å²) in [6.07, 6.45) is 1.67. The van der Waals surface area contributed by atoms with E-state index in [1.807, 2.05) is 11.0 Å². The van der Waals surface area contributed by atoms with E-state index in [0.29, 0.717) is 43.0 Å². The van der Waals surface area contributed by atoms with Gasteiger partial charge in [0.15, 0.2) is 5.60 Å². The van der Waals surface area contributed by atoms with Crippen molar-refractivity contribution in [1.29, 1.82) is 0 Å². The van der Waals surface area contributed by atoms with Gasteiger partial charge in [-0.3, -0.25) is 4.90 Å². The number of hydrogen-bond donors (Lipinski definition) is 2. The zero-order valence-electron chi connectivity index (χ0n) is 20.6. The fourth-order valence-corrected chi connectivity index (χ4v) is 7.14. The highest BCUT2D eigenvalue weighted by atomic mass is 32.2. The molecule has 0 saturated carbocycles. The van der Waals surface area contributed by atoms with Crippen LogP contribution >= 0.6 is 12.2 Å². The van der Waals surface area contributed by atoms with E-state index in [1.54, 1.807) is 6.08 Å². The summed E-state index contributed by atoms with van der Waals surface area (Å²) in [5, 5.41) is 20.2. The first-order valence-corrected chi connectivity index (χ1v) is 14.1. The van der Waals surface area contributed by atoms with Crippen LogP contribution in [0.3, 0.4) is 0 Å². The van der Waals surface area contributed by atoms with Crippen molar-refractivity contribution in [3.05, 3.63) is 53.0 Å². The predicted octanol–water partition coefficient (Wildman–Crippen LogP) is 2.95. The number of piperidine rings is 1. The van der Waals surface area contributed by atoms with Gasteiger partial charge in [0.1, 0.15) is 0 Å². The van der Waals surface area contributed by atoms with Gasteiger partial charge in [0, 0.05) is 49.7 Å². The monoisotopic (exact) mass is 559 g/mol. The molecule has 3 aliphatic rings. The number of hydrogen-bond acceptors (Lipinski definition) is 7. The third-order valence-corrected chi connectivity index (χ3v) is 9.75. The van der Waals surface area contributed by atoms with Gasteiger partial charge in [-0.2, -0.15) is 17.5 Å². The lowest BCUT2D eigenvalue weighted by Crippen LogP contribution is -2.59. The fourth-order valence-electron chi connectivity index (χ4n) is 5.07. The quantitative estimate of drug-likeness (QED) is 0.519. The molecule has 12 heteroatoms. The molecular formula is C25H32F3N3O4S2. The minimum Gasteiger partial charge on any atom is -0.392 e. The highest BCUT2D eigenvalue weighted by Crippen LogP contribution is 2.39. The number of thiocarbonyl (C=S) groups is 1. The Balaban J connectivity index is 1.60. The lowest BCUT2D eigenvalue weighted by Gasteiger charge is -2.45. The number of nitrogens with zero attached hydrogens (tertiary/aromatic N) is 3. The molecule has 2 fully saturated rings. The number of aliphatic hydroxyl groups is 2. The number of β-amino-alcohol motifs (C(OH)–C–C–N with tert-alkyl or cyclic N) is 1. The summed E-state index contributed by atoms with van der Waals surface area (Å²) in [7, 11) is -3.82. The van der Waals surface area contributed by atoms with Crippen molar-refractivity contribution in [1.82, 2.24) is 9.21 Å². The molecule has 0 radical (unpaired) electrons. The molecule has 0 bridgehead atoms. The Bertz CT molecular complexity index is 1170. The number of benzene rings is 1. The first-order valence-electron chi connectivity index (χ1n) is 12.3. The Morgan fingerprint density at radius 3 is 2.43 bits per heavy atom. The molecule has 2 saturated heterocycles. The second kappa shape index (κ2) is 10.7. The average molecular weight is 560 g/mol. The van der Waals surface area contributed by atoms with E-state index in [9.17, 15) is 31.8 Å². The van der Waals surface area contributed by atoms with Gasteiger partial charge in [-0.1, -0.05) is 36.5 Å². The lowest BCUT2D eigenvalue weighted by molar-refractivity contribution is -0.258. The second-order valence-corrected chi connectivity index (χ2v) is 12.4. The van der Waals surface area contributed by atoms with Crippen LogP contribution in [-0.4, -0.2) is 90.3 Å². The summed E-state index contributed by atoms with van der Waals surface area (Å²) in [5.74, 6) is 0. The molecule has 1 aliphatic carbocycles. The third kappa shape index (κ3) is 5.94. The number of halogens is 3. The van der Waals surface area contributed by atoms with Crippen molar-refractivity contribution < 1.29 is 31.8 Å². The minimum absolute atomic E-state index is 0.129. The van der Waals surface area contributed by atoms with Gasteiger partial charge >= 0.3 is 6.18 Å². The van der Waals surface area contributed by atoms with Crippen molar-refractivity contribution in [2.24, 2.45) is 0 Å². The van der Waals surface area contributed by atoms with Gasteiger partial charge in [0.05, 0.1) is 17.1 Å². The largest absolute Gasteiger partial charge is 0.421 e. The summed E-state index contributed by atoms with van der Waals surface area (Å²) in [6.45, 7) is 3.12. The molecule has 2 heterocycles. The molecule has 2 N–H and O–H groups in total. The van der Waals surface area contributed by atoms with Crippen LogP contribution in [0.1, 0.15) is 31.7 Å². The molecule has 0 amide bonds. The summed E-state index contributed by atoms with van der Waals surface area (Å²) in [5.41, 5.74) is -2.62. The Kier molecular flexibility index (Phi) is 8.18. The second-order valence-electron chi connectivity index (χ2n) is 9.97. The maximum absolute atomic E-state index is 13.5. The Labute approximate surface area is 220 Å². The van der Waals surface area contributed by atoms with E-state index in [0.717, 1.165) is 19.9 Å². The topological polar surface area (TPSA) is 84.3 Å². The predicted molar refractivity (Wildman–Crippen MR) is 140 cm³/mol. The van der Waals surface area contributed by atoms with Crippen molar-refractivity contribution >= 4 is 32.8 Å². The Morgan fingerprint density at radius 2 is 1.81 bits per heavy atom. The number of rotatable bonds is 6. The smallest absolute Gasteiger partial charge is 0.392 e. The van der Waals surface area contributed by atoms with E-state index in [2.05, 4.69) is 4.90 Å². The highest BCUT2D eigenvalue weighted by Gasteiger charge is 2.51. The third-order valence-electron chi connectivity index (χ3n) is 7.29. The number of piperazine rings is 1. The molecule has 0 spiro atoms. The van der Waals surface area contributed by atoms with Crippen LogP contribution in [0.2, 0.25) is 0 Å². The molecular weight excluding hydrogens is 527 g/mol. The van der Waals surface area contributed by atoms with E-state index in [-0.39, 0.29) is 29.6 Å². The SMILES string of the molecule is CC(O)(c1ccc(N2CCN(S(=O)(=O)C3=CC=CCC3=S)C[C@@H]2CN2CCC[C@H](O)C2)cc1)C(F)(F)F. The Morgan fingerprint density at radius 1 is 1.11 bits per heavy atom. The number of sulfonamides is 1. The highest BCUT2D eigenvalue weighted by molar-refractivity contribution is 7.96. The summed E-state index contributed by atoms with van der Waals surface area (Å²) >= 11 is 5.31. The van der Waals surface area contributed by atoms with Crippen LogP contribution in [-0.2, 0) is 15.6 Å². The van der Waals surface area contributed by atoms with Gasteiger partial charge < -0.3 is 15.1 Å². The molecule has 1 unspecified atom stereocenters. The molecule has 2 aliphatic heterocycles. The van der Waals surface area contributed by atoms with E-state index >= 15 is 0 Å².